The van der Waals surface area contributed by atoms with Gasteiger partial charge in [-0.25, -0.2) is 0 Å². The van der Waals surface area contributed by atoms with Crippen molar-refractivity contribution in [1.29, 1.82) is 0 Å². The molecule has 0 aromatic rings. The molecule has 3 fully saturated rings. The molecule has 24 heavy (non-hydrogen) atoms. The minimum absolute atomic E-state index is 0.117. The monoisotopic (exact) mass is 334 g/mol. The molecule has 2 saturated carbocycles. The highest BCUT2D eigenvalue weighted by atomic mass is 16.2. The third kappa shape index (κ3) is 3.34. The molecule has 1 aliphatic heterocycles. The first-order chi connectivity index (χ1) is 11.3. The Kier molecular flexibility index (Phi) is 4.94. The van der Waals surface area contributed by atoms with E-state index in [0.717, 1.165) is 13.0 Å². The minimum atomic E-state index is -0.346. The Hall–Kier alpha value is -1.06. The second-order valence-electron chi connectivity index (χ2n) is 9.37. The molecule has 3 aliphatic rings. The van der Waals surface area contributed by atoms with Gasteiger partial charge >= 0.3 is 0 Å². The standard InChI is InChI=1S/C20H34N2O2/c1-13-10-17-15(16(13)12-21-19(24)20(2,3)4)11-18(23)22(17)14-8-6-5-7-9-14/h13-17H,5-12H2,1-4H3,(H,21,24)/t13-,15-,16+,17+/m0/s1. The Labute approximate surface area is 146 Å². The number of nitrogens with zero attached hydrogens (tertiary/aromatic N) is 1. The minimum Gasteiger partial charge on any atom is -0.355 e. The predicted molar refractivity (Wildman–Crippen MR) is 95.3 cm³/mol. The summed E-state index contributed by atoms with van der Waals surface area (Å²) in [6.07, 6.45) is 8.05. The molecule has 136 valence electrons. The number of hydrogen-bond acceptors (Lipinski definition) is 2. The van der Waals surface area contributed by atoms with Crippen molar-refractivity contribution in [2.45, 2.75) is 84.7 Å². The summed E-state index contributed by atoms with van der Waals surface area (Å²) in [7, 11) is 0. The van der Waals surface area contributed by atoms with Crippen molar-refractivity contribution in [1.82, 2.24) is 10.2 Å². The molecule has 1 N–H and O–H groups in total. The summed E-state index contributed by atoms with van der Waals surface area (Å²) in [5.74, 6) is 1.95. The van der Waals surface area contributed by atoms with E-state index in [4.69, 9.17) is 0 Å². The van der Waals surface area contributed by atoms with Crippen molar-refractivity contribution < 1.29 is 9.59 Å². The van der Waals surface area contributed by atoms with Gasteiger partial charge in [-0.05, 0) is 37.0 Å². The molecule has 0 spiro atoms. The van der Waals surface area contributed by atoms with Gasteiger partial charge in [0, 0.05) is 30.5 Å². The summed E-state index contributed by atoms with van der Waals surface area (Å²) in [5.41, 5.74) is -0.346. The fourth-order valence-corrected chi connectivity index (χ4v) is 5.20. The van der Waals surface area contributed by atoms with Crippen LogP contribution in [0.4, 0.5) is 0 Å². The Morgan fingerprint density at radius 3 is 2.50 bits per heavy atom. The SMILES string of the molecule is C[C@H]1C[C@@H]2[C@@H](CC(=O)N2C2CCCCC2)[C@@H]1CNC(=O)C(C)(C)C. The van der Waals surface area contributed by atoms with E-state index in [1.54, 1.807) is 0 Å². The van der Waals surface area contributed by atoms with Gasteiger partial charge < -0.3 is 10.2 Å². The number of rotatable bonds is 3. The zero-order valence-corrected chi connectivity index (χ0v) is 15.8. The van der Waals surface area contributed by atoms with Crippen LogP contribution in [0.15, 0.2) is 0 Å². The van der Waals surface area contributed by atoms with Crippen molar-refractivity contribution >= 4 is 11.8 Å². The fraction of sp³-hybridized carbons (Fsp3) is 0.900. The fourth-order valence-electron chi connectivity index (χ4n) is 5.20. The molecule has 0 unspecified atom stereocenters. The lowest BCUT2D eigenvalue weighted by Crippen LogP contribution is -2.43. The average molecular weight is 335 g/mol. The summed E-state index contributed by atoms with van der Waals surface area (Å²) in [6, 6.07) is 0.906. The molecular formula is C20H34N2O2. The van der Waals surface area contributed by atoms with E-state index in [1.165, 1.54) is 32.1 Å². The topological polar surface area (TPSA) is 49.4 Å². The van der Waals surface area contributed by atoms with Crippen molar-refractivity contribution in [2.75, 3.05) is 6.54 Å². The lowest BCUT2D eigenvalue weighted by atomic mass is 9.87. The van der Waals surface area contributed by atoms with Crippen LogP contribution in [0.25, 0.3) is 0 Å². The lowest BCUT2D eigenvalue weighted by Gasteiger charge is -2.35. The summed E-state index contributed by atoms with van der Waals surface area (Å²) in [6.45, 7) is 8.88. The first-order valence-corrected chi connectivity index (χ1v) is 9.88. The smallest absolute Gasteiger partial charge is 0.225 e. The molecule has 0 bridgehead atoms. The zero-order valence-electron chi connectivity index (χ0n) is 15.8. The van der Waals surface area contributed by atoms with Crippen LogP contribution >= 0.6 is 0 Å². The maximum absolute atomic E-state index is 12.7. The second kappa shape index (κ2) is 6.68. The third-order valence-electron chi connectivity index (χ3n) is 6.59. The van der Waals surface area contributed by atoms with Crippen LogP contribution in [0.1, 0.15) is 72.6 Å². The van der Waals surface area contributed by atoms with Crippen LogP contribution in [0.5, 0.6) is 0 Å². The van der Waals surface area contributed by atoms with Crippen LogP contribution in [0.3, 0.4) is 0 Å². The normalized spacial score (nSPS) is 34.5. The number of nitrogens with one attached hydrogen (secondary N) is 1. The molecule has 1 heterocycles. The van der Waals surface area contributed by atoms with Crippen molar-refractivity contribution in [3.63, 3.8) is 0 Å². The quantitative estimate of drug-likeness (QED) is 0.860. The highest BCUT2D eigenvalue weighted by Crippen LogP contribution is 2.47. The second-order valence-corrected chi connectivity index (χ2v) is 9.37. The van der Waals surface area contributed by atoms with Crippen LogP contribution in [0.2, 0.25) is 0 Å². The van der Waals surface area contributed by atoms with Crippen molar-refractivity contribution in [3.05, 3.63) is 0 Å². The number of carbonyl (C=O) groups excluding carboxylic acids is 2. The van der Waals surface area contributed by atoms with Gasteiger partial charge in [0.15, 0.2) is 0 Å². The van der Waals surface area contributed by atoms with Gasteiger partial charge in [0.25, 0.3) is 0 Å². The van der Waals surface area contributed by atoms with Crippen LogP contribution in [-0.2, 0) is 9.59 Å². The molecule has 0 aromatic heterocycles. The lowest BCUT2D eigenvalue weighted by molar-refractivity contribution is -0.132. The largest absolute Gasteiger partial charge is 0.355 e. The Morgan fingerprint density at radius 2 is 1.88 bits per heavy atom. The van der Waals surface area contributed by atoms with E-state index in [1.807, 2.05) is 20.8 Å². The average Bonchev–Trinajstić information content (AvgIpc) is 2.98. The number of likely N-dealkylation sites (tertiary alicyclic amines) is 1. The Balaban J connectivity index is 1.65. The zero-order chi connectivity index (χ0) is 17.5. The van der Waals surface area contributed by atoms with E-state index in [9.17, 15) is 9.59 Å². The number of carbonyl (C=O) groups is 2. The van der Waals surface area contributed by atoms with Crippen molar-refractivity contribution in [3.8, 4) is 0 Å². The van der Waals surface area contributed by atoms with Gasteiger partial charge in [-0.1, -0.05) is 47.0 Å². The number of hydrogen-bond donors (Lipinski definition) is 1. The molecule has 4 atom stereocenters. The molecule has 2 amide bonds. The van der Waals surface area contributed by atoms with Crippen LogP contribution < -0.4 is 5.32 Å². The Morgan fingerprint density at radius 1 is 1.21 bits per heavy atom. The Bertz CT molecular complexity index is 490. The van der Waals surface area contributed by atoms with Crippen LogP contribution in [0, 0.1) is 23.2 Å². The maximum Gasteiger partial charge on any atom is 0.225 e. The summed E-state index contributed by atoms with van der Waals surface area (Å²) in [5, 5.41) is 3.15. The van der Waals surface area contributed by atoms with Gasteiger partial charge in [0.1, 0.15) is 0 Å². The van der Waals surface area contributed by atoms with E-state index in [0.29, 0.717) is 42.2 Å². The molecule has 3 rings (SSSR count). The van der Waals surface area contributed by atoms with Gasteiger partial charge in [-0.2, -0.15) is 0 Å². The molecule has 4 nitrogen and oxygen atoms in total. The van der Waals surface area contributed by atoms with Gasteiger partial charge in [-0.3, -0.25) is 9.59 Å². The first kappa shape index (κ1) is 17.8. The third-order valence-corrected chi connectivity index (χ3v) is 6.59. The maximum atomic E-state index is 12.7. The molecule has 1 saturated heterocycles. The number of amides is 2. The molecular weight excluding hydrogens is 300 g/mol. The summed E-state index contributed by atoms with van der Waals surface area (Å²) in [4.78, 5) is 27.2. The number of fused-ring (bicyclic) bond motifs is 1. The van der Waals surface area contributed by atoms with Gasteiger partial charge in [0.05, 0.1) is 0 Å². The van der Waals surface area contributed by atoms with Gasteiger partial charge in [0.2, 0.25) is 11.8 Å². The van der Waals surface area contributed by atoms with E-state index in [-0.39, 0.29) is 11.3 Å². The van der Waals surface area contributed by atoms with Gasteiger partial charge in [-0.15, -0.1) is 0 Å². The highest BCUT2D eigenvalue weighted by molar-refractivity contribution is 5.81. The molecule has 4 heteroatoms. The summed E-state index contributed by atoms with van der Waals surface area (Å²) >= 11 is 0. The predicted octanol–water partition coefficient (Wildman–Crippen LogP) is 3.35. The van der Waals surface area contributed by atoms with E-state index >= 15 is 0 Å². The molecule has 0 aromatic carbocycles. The molecule has 0 radical (unpaired) electrons. The first-order valence-electron chi connectivity index (χ1n) is 9.88. The van der Waals surface area contributed by atoms with Crippen LogP contribution in [-0.4, -0.2) is 35.3 Å². The van der Waals surface area contributed by atoms with E-state index < -0.39 is 0 Å². The van der Waals surface area contributed by atoms with Crippen molar-refractivity contribution in [2.24, 2.45) is 23.2 Å². The molecule has 2 aliphatic carbocycles. The summed E-state index contributed by atoms with van der Waals surface area (Å²) < 4.78 is 0. The van der Waals surface area contributed by atoms with E-state index in [2.05, 4.69) is 17.1 Å². The highest BCUT2D eigenvalue weighted by Gasteiger charge is 2.52.